The van der Waals surface area contributed by atoms with E-state index in [1.807, 2.05) is 25.4 Å². The van der Waals surface area contributed by atoms with Crippen molar-refractivity contribution in [3.05, 3.63) is 18.5 Å². The van der Waals surface area contributed by atoms with Crippen LogP contribution in [0.2, 0.25) is 0 Å². The fraction of sp³-hybridized carbons (Fsp3) is 0.500. The van der Waals surface area contributed by atoms with Crippen LogP contribution in [0.25, 0.3) is 0 Å². The summed E-state index contributed by atoms with van der Waals surface area (Å²) < 4.78 is 7.36. The van der Waals surface area contributed by atoms with Crippen molar-refractivity contribution in [3.8, 4) is 5.75 Å². The van der Waals surface area contributed by atoms with Crippen LogP contribution in [0.4, 0.5) is 0 Å². The van der Waals surface area contributed by atoms with E-state index in [0.717, 1.165) is 18.9 Å². The molecule has 1 rings (SSSR count). The van der Waals surface area contributed by atoms with Gasteiger partial charge in [0.25, 0.3) is 0 Å². The van der Waals surface area contributed by atoms with E-state index in [2.05, 4.69) is 11.5 Å². The molecule has 0 unspecified atom stereocenters. The van der Waals surface area contributed by atoms with Crippen molar-refractivity contribution in [3.63, 3.8) is 0 Å². The van der Waals surface area contributed by atoms with Gasteiger partial charge in [0.2, 0.25) is 0 Å². The Morgan fingerprint density at radius 3 is 2.80 bits per heavy atom. The molecule has 10 heavy (non-hydrogen) atoms. The molecule has 0 aliphatic carbocycles. The highest BCUT2D eigenvalue weighted by Crippen LogP contribution is 2.09. The van der Waals surface area contributed by atoms with Crippen LogP contribution in [0.1, 0.15) is 13.8 Å². The zero-order valence-corrected chi connectivity index (χ0v) is 6.50. The van der Waals surface area contributed by atoms with Crippen molar-refractivity contribution in [2.75, 3.05) is 6.61 Å². The van der Waals surface area contributed by atoms with E-state index in [9.17, 15) is 0 Å². The molecule has 1 heterocycles. The maximum Gasteiger partial charge on any atom is 0.136 e. The SMILES string of the molecule is CCOc1ccn(CC)c1. The first-order valence-electron chi connectivity index (χ1n) is 3.65. The van der Waals surface area contributed by atoms with Gasteiger partial charge in [0.1, 0.15) is 5.75 Å². The number of aryl methyl sites for hydroxylation is 1. The first kappa shape index (κ1) is 7.19. The Balaban J connectivity index is 2.59. The molecule has 0 radical (unpaired) electrons. The van der Waals surface area contributed by atoms with Crippen LogP contribution in [-0.2, 0) is 6.54 Å². The van der Waals surface area contributed by atoms with Gasteiger partial charge in [-0.05, 0) is 19.9 Å². The second kappa shape index (κ2) is 3.30. The quantitative estimate of drug-likeness (QED) is 0.624. The molecular formula is C8H13NO. The van der Waals surface area contributed by atoms with Gasteiger partial charge in [-0.3, -0.25) is 0 Å². The van der Waals surface area contributed by atoms with E-state index in [-0.39, 0.29) is 0 Å². The summed E-state index contributed by atoms with van der Waals surface area (Å²) in [6, 6.07) is 1.98. The highest BCUT2D eigenvalue weighted by molar-refractivity contribution is 5.17. The summed E-state index contributed by atoms with van der Waals surface area (Å²) in [5.74, 6) is 0.962. The van der Waals surface area contributed by atoms with Crippen LogP contribution in [0.5, 0.6) is 5.75 Å². The lowest BCUT2D eigenvalue weighted by atomic mass is 10.6. The topological polar surface area (TPSA) is 14.2 Å². The van der Waals surface area contributed by atoms with Gasteiger partial charge < -0.3 is 9.30 Å². The van der Waals surface area contributed by atoms with Crippen molar-refractivity contribution in [2.45, 2.75) is 20.4 Å². The summed E-state index contributed by atoms with van der Waals surface area (Å²) in [6.45, 7) is 5.85. The normalized spacial score (nSPS) is 9.80. The number of hydrogen-bond donors (Lipinski definition) is 0. The summed E-state index contributed by atoms with van der Waals surface area (Å²) in [6.07, 6.45) is 4.02. The minimum atomic E-state index is 0.744. The molecule has 0 atom stereocenters. The third kappa shape index (κ3) is 1.53. The lowest BCUT2D eigenvalue weighted by Gasteiger charge is -1.96. The van der Waals surface area contributed by atoms with Crippen molar-refractivity contribution in [1.29, 1.82) is 0 Å². The van der Waals surface area contributed by atoms with E-state index in [1.165, 1.54) is 0 Å². The number of rotatable bonds is 3. The van der Waals surface area contributed by atoms with Crippen LogP contribution in [0, 0.1) is 0 Å². The molecule has 56 valence electrons. The fourth-order valence-corrected chi connectivity index (χ4v) is 0.867. The molecule has 0 saturated heterocycles. The van der Waals surface area contributed by atoms with Gasteiger partial charge in [0, 0.05) is 18.9 Å². The summed E-state index contributed by atoms with van der Waals surface area (Å²) in [7, 11) is 0. The van der Waals surface area contributed by atoms with Gasteiger partial charge in [0.15, 0.2) is 0 Å². The lowest BCUT2D eigenvalue weighted by molar-refractivity contribution is 0.340. The summed E-state index contributed by atoms with van der Waals surface area (Å²) >= 11 is 0. The largest absolute Gasteiger partial charge is 0.492 e. The van der Waals surface area contributed by atoms with Gasteiger partial charge in [-0.1, -0.05) is 0 Å². The zero-order valence-electron chi connectivity index (χ0n) is 6.50. The van der Waals surface area contributed by atoms with E-state index in [4.69, 9.17) is 4.74 Å². The van der Waals surface area contributed by atoms with Gasteiger partial charge in [-0.15, -0.1) is 0 Å². The predicted octanol–water partition coefficient (Wildman–Crippen LogP) is 1.91. The maximum absolute atomic E-state index is 5.27. The van der Waals surface area contributed by atoms with Crippen LogP contribution in [0.3, 0.4) is 0 Å². The minimum Gasteiger partial charge on any atom is -0.492 e. The molecule has 0 aliphatic rings. The van der Waals surface area contributed by atoms with Gasteiger partial charge in [-0.2, -0.15) is 0 Å². The Bertz CT molecular complexity index is 193. The second-order valence-corrected chi connectivity index (χ2v) is 2.11. The maximum atomic E-state index is 5.27. The number of ether oxygens (including phenoxy) is 1. The highest BCUT2D eigenvalue weighted by atomic mass is 16.5. The van der Waals surface area contributed by atoms with Crippen LogP contribution < -0.4 is 4.74 Å². The molecule has 0 aliphatic heterocycles. The average Bonchev–Trinajstić information content (AvgIpc) is 2.37. The Labute approximate surface area is 61.4 Å². The first-order chi connectivity index (χ1) is 4.86. The predicted molar refractivity (Wildman–Crippen MR) is 41.3 cm³/mol. The van der Waals surface area contributed by atoms with Crippen molar-refractivity contribution >= 4 is 0 Å². The molecule has 0 N–H and O–H groups in total. The van der Waals surface area contributed by atoms with Crippen LogP contribution >= 0.6 is 0 Å². The number of aromatic nitrogens is 1. The van der Waals surface area contributed by atoms with E-state index in [0.29, 0.717) is 0 Å². The molecular weight excluding hydrogens is 126 g/mol. The van der Waals surface area contributed by atoms with E-state index >= 15 is 0 Å². The molecule has 2 heteroatoms. The number of hydrogen-bond acceptors (Lipinski definition) is 1. The van der Waals surface area contributed by atoms with Crippen molar-refractivity contribution in [1.82, 2.24) is 4.57 Å². The van der Waals surface area contributed by atoms with Gasteiger partial charge >= 0.3 is 0 Å². The van der Waals surface area contributed by atoms with Crippen LogP contribution in [-0.4, -0.2) is 11.2 Å². The molecule has 0 saturated carbocycles. The molecule has 2 nitrogen and oxygen atoms in total. The van der Waals surface area contributed by atoms with E-state index < -0.39 is 0 Å². The van der Waals surface area contributed by atoms with Crippen LogP contribution in [0.15, 0.2) is 18.5 Å². The van der Waals surface area contributed by atoms with E-state index in [1.54, 1.807) is 0 Å². The molecule has 0 amide bonds. The van der Waals surface area contributed by atoms with Gasteiger partial charge in [-0.25, -0.2) is 0 Å². The first-order valence-corrected chi connectivity index (χ1v) is 3.65. The lowest BCUT2D eigenvalue weighted by Crippen LogP contribution is -1.90. The monoisotopic (exact) mass is 139 g/mol. The molecule has 0 aromatic carbocycles. The third-order valence-corrected chi connectivity index (χ3v) is 1.40. The molecule has 1 aromatic rings. The average molecular weight is 139 g/mol. The standard InChI is InChI=1S/C8H13NO/c1-3-9-6-5-8(7-9)10-4-2/h5-7H,3-4H2,1-2H3. The summed E-state index contributed by atoms with van der Waals surface area (Å²) in [4.78, 5) is 0. The fourth-order valence-electron chi connectivity index (χ4n) is 0.867. The van der Waals surface area contributed by atoms with Gasteiger partial charge in [0.05, 0.1) is 6.61 Å². The molecule has 1 aromatic heterocycles. The third-order valence-electron chi connectivity index (χ3n) is 1.40. The molecule has 0 bridgehead atoms. The zero-order chi connectivity index (χ0) is 7.40. The Morgan fingerprint density at radius 1 is 1.50 bits per heavy atom. The summed E-state index contributed by atoms with van der Waals surface area (Å²) in [5, 5.41) is 0. The smallest absolute Gasteiger partial charge is 0.136 e. The Morgan fingerprint density at radius 2 is 2.30 bits per heavy atom. The number of nitrogens with zero attached hydrogens (tertiary/aromatic N) is 1. The minimum absolute atomic E-state index is 0.744. The molecule has 0 spiro atoms. The Kier molecular flexibility index (Phi) is 2.37. The van der Waals surface area contributed by atoms with Crippen molar-refractivity contribution < 1.29 is 4.74 Å². The Hall–Kier alpha value is -0.920. The highest BCUT2D eigenvalue weighted by Gasteiger charge is 1.92. The second-order valence-electron chi connectivity index (χ2n) is 2.11. The molecule has 0 fully saturated rings. The van der Waals surface area contributed by atoms with Crippen molar-refractivity contribution in [2.24, 2.45) is 0 Å². The summed E-state index contributed by atoms with van der Waals surface area (Å²) in [5.41, 5.74) is 0.